The van der Waals surface area contributed by atoms with E-state index >= 15 is 0 Å². The van der Waals surface area contributed by atoms with Crippen LogP contribution in [0.3, 0.4) is 0 Å². The molecule has 146 valence electrons. The summed E-state index contributed by atoms with van der Waals surface area (Å²) < 4.78 is 11.6. The van der Waals surface area contributed by atoms with Crippen molar-refractivity contribution in [1.82, 2.24) is 10.1 Å². The molecule has 3 aromatic rings. The highest BCUT2D eigenvalue weighted by Gasteiger charge is 2.16. The first kappa shape index (κ1) is 20.2. The van der Waals surface area contributed by atoms with Gasteiger partial charge in [0.25, 0.3) is 5.91 Å². The monoisotopic (exact) mass is 416 g/mol. The molecule has 1 aromatic carbocycles. The number of rotatable bonds is 8. The fourth-order valence-electron chi connectivity index (χ4n) is 2.74. The van der Waals surface area contributed by atoms with Gasteiger partial charge in [0.15, 0.2) is 0 Å². The largest absolute Gasteiger partial charge is 0.489 e. The van der Waals surface area contributed by atoms with Crippen LogP contribution in [-0.4, -0.2) is 22.5 Å². The van der Waals surface area contributed by atoms with Gasteiger partial charge in [-0.05, 0) is 50.2 Å². The van der Waals surface area contributed by atoms with E-state index in [1.165, 1.54) is 11.3 Å². The Hall–Kier alpha value is -2.57. The average Bonchev–Trinajstić information content (AvgIpc) is 3.24. The van der Waals surface area contributed by atoms with Gasteiger partial charge in [0.2, 0.25) is 0 Å². The van der Waals surface area contributed by atoms with Crippen molar-refractivity contribution in [3.8, 4) is 5.75 Å². The number of aryl methyl sites for hydroxylation is 2. The smallest absolute Gasteiger partial charge is 0.254 e. The highest BCUT2D eigenvalue weighted by molar-refractivity contribution is 7.16. The predicted octanol–water partition coefficient (Wildman–Crippen LogP) is 5.41. The van der Waals surface area contributed by atoms with E-state index in [0.717, 1.165) is 21.9 Å². The van der Waals surface area contributed by atoms with Gasteiger partial charge in [0.1, 0.15) is 18.1 Å². The van der Waals surface area contributed by atoms with Crippen LogP contribution in [0.1, 0.15) is 32.3 Å². The summed E-state index contributed by atoms with van der Waals surface area (Å²) in [6, 6.07) is 10.9. The fourth-order valence-corrected chi connectivity index (χ4v) is 3.84. The van der Waals surface area contributed by atoms with Crippen molar-refractivity contribution in [2.45, 2.75) is 27.0 Å². The quantitative estimate of drug-likeness (QED) is 0.460. The number of amides is 1. The molecule has 0 saturated carbocycles. The van der Waals surface area contributed by atoms with Gasteiger partial charge in [0.05, 0.1) is 22.1 Å². The lowest BCUT2D eigenvalue weighted by Crippen LogP contribution is -2.30. The van der Waals surface area contributed by atoms with E-state index in [0.29, 0.717) is 35.3 Å². The number of halogens is 1. The third kappa shape index (κ3) is 4.82. The zero-order valence-electron chi connectivity index (χ0n) is 15.8. The molecule has 0 N–H and O–H groups in total. The molecule has 0 unspecified atom stereocenters. The van der Waals surface area contributed by atoms with E-state index in [4.69, 9.17) is 20.9 Å². The number of benzene rings is 1. The number of nitrogens with zero attached hydrogens (tertiary/aromatic N) is 2. The first-order chi connectivity index (χ1) is 13.5. The highest BCUT2D eigenvalue weighted by Crippen LogP contribution is 2.24. The number of ether oxygens (including phenoxy) is 1. The van der Waals surface area contributed by atoms with Crippen molar-refractivity contribution in [3.05, 3.63) is 80.8 Å². The van der Waals surface area contributed by atoms with E-state index in [1.54, 1.807) is 35.2 Å². The lowest BCUT2D eigenvalue weighted by Gasteiger charge is -2.20. The third-order valence-electron chi connectivity index (χ3n) is 4.28. The molecule has 0 atom stereocenters. The molecule has 1 amide bonds. The Morgan fingerprint density at radius 2 is 2.04 bits per heavy atom. The Bertz CT molecular complexity index is 943. The standard InChI is InChI=1S/C21H21ClN2O3S/c1-4-11-24(12-18-9-10-20(22)28-18)21(25)16-5-7-17(8-6-16)26-13-19-14(2)23-27-15(19)3/h4-10H,1,11-13H2,2-3H3. The Balaban J connectivity index is 1.66. The predicted molar refractivity (Wildman–Crippen MR) is 111 cm³/mol. The summed E-state index contributed by atoms with van der Waals surface area (Å²) in [6.07, 6.45) is 1.72. The van der Waals surface area contributed by atoms with E-state index in [2.05, 4.69) is 11.7 Å². The molecule has 2 aromatic heterocycles. The molecule has 0 spiro atoms. The summed E-state index contributed by atoms with van der Waals surface area (Å²) in [7, 11) is 0. The molecule has 28 heavy (non-hydrogen) atoms. The van der Waals surface area contributed by atoms with Gasteiger partial charge >= 0.3 is 0 Å². The van der Waals surface area contributed by atoms with Crippen LogP contribution in [0.25, 0.3) is 0 Å². The van der Waals surface area contributed by atoms with Gasteiger partial charge in [-0.2, -0.15) is 0 Å². The number of carbonyl (C=O) groups is 1. The Kier molecular flexibility index (Phi) is 6.54. The molecular weight excluding hydrogens is 396 g/mol. The lowest BCUT2D eigenvalue weighted by atomic mass is 10.2. The molecule has 5 nitrogen and oxygen atoms in total. The average molecular weight is 417 g/mol. The molecule has 3 rings (SSSR count). The van der Waals surface area contributed by atoms with Crippen LogP contribution in [-0.2, 0) is 13.2 Å². The van der Waals surface area contributed by atoms with Crippen LogP contribution in [0.4, 0.5) is 0 Å². The molecule has 7 heteroatoms. The van der Waals surface area contributed by atoms with Gasteiger partial charge in [-0.15, -0.1) is 17.9 Å². The summed E-state index contributed by atoms with van der Waals surface area (Å²) in [4.78, 5) is 15.6. The second-order valence-corrected chi connectivity index (χ2v) is 8.10. The van der Waals surface area contributed by atoms with Gasteiger partial charge in [-0.25, -0.2) is 0 Å². The summed E-state index contributed by atoms with van der Waals surface area (Å²) in [6.45, 7) is 8.81. The SMILES string of the molecule is C=CCN(Cc1ccc(Cl)s1)C(=O)c1ccc(OCc2c(C)noc2C)cc1. The number of aromatic nitrogens is 1. The minimum absolute atomic E-state index is 0.0679. The molecule has 0 saturated heterocycles. The van der Waals surface area contributed by atoms with Crippen molar-refractivity contribution in [3.63, 3.8) is 0 Å². The first-order valence-corrected chi connectivity index (χ1v) is 9.96. The minimum atomic E-state index is -0.0679. The normalized spacial score (nSPS) is 10.7. The maximum Gasteiger partial charge on any atom is 0.254 e. The Morgan fingerprint density at radius 1 is 1.29 bits per heavy atom. The van der Waals surface area contributed by atoms with E-state index in [9.17, 15) is 4.79 Å². The zero-order valence-corrected chi connectivity index (χ0v) is 17.3. The summed E-state index contributed by atoms with van der Waals surface area (Å²) >= 11 is 7.46. The first-order valence-electron chi connectivity index (χ1n) is 8.77. The Labute approximate surface area is 173 Å². The maximum absolute atomic E-state index is 12.9. The summed E-state index contributed by atoms with van der Waals surface area (Å²) in [5.41, 5.74) is 2.35. The van der Waals surface area contributed by atoms with Gasteiger partial charge < -0.3 is 14.2 Å². The van der Waals surface area contributed by atoms with Crippen LogP contribution in [0.5, 0.6) is 5.75 Å². The van der Waals surface area contributed by atoms with E-state index < -0.39 is 0 Å². The molecular formula is C21H21ClN2O3S. The molecule has 0 bridgehead atoms. The maximum atomic E-state index is 12.9. The lowest BCUT2D eigenvalue weighted by molar-refractivity contribution is 0.0764. The van der Waals surface area contributed by atoms with Crippen LogP contribution >= 0.6 is 22.9 Å². The van der Waals surface area contributed by atoms with E-state index in [1.807, 2.05) is 26.0 Å². The number of carbonyl (C=O) groups excluding carboxylic acids is 1. The fraction of sp³-hybridized carbons (Fsp3) is 0.238. The minimum Gasteiger partial charge on any atom is -0.489 e. The van der Waals surface area contributed by atoms with Crippen LogP contribution in [0, 0.1) is 13.8 Å². The van der Waals surface area contributed by atoms with Crippen molar-refractivity contribution < 1.29 is 14.1 Å². The van der Waals surface area contributed by atoms with Crippen molar-refractivity contribution in [1.29, 1.82) is 0 Å². The van der Waals surface area contributed by atoms with Crippen molar-refractivity contribution >= 4 is 28.8 Å². The van der Waals surface area contributed by atoms with Crippen LogP contribution in [0.15, 0.2) is 53.6 Å². The number of hydrogen-bond acceptors (Lipinski definition) is 5. The number of thiophene rings is 1. The van der Waals surface area contributed by atoms with Crippen LogP contribution in [0.2, 0.25) is 4.34 Å². The number of hydrogen-bond donors (Lipinski definition) is 0. The van der Waals surface area contributed by atoms with Gasteiger partial charge in [0, 0.05) is 17.0 Å². The van der Waals surface area contributed by atoms with Gasteiger partial charge in [-0.1, -0.05) is 22.8 Å². The zero-order chi connectivity index (χ0) is 20.1. The van der Waals surface area contributed by atoms with Crippen molar-refractivity contribution in [2.24, 2.45) is 0 Å². The highest BCUT2D eigenvalue weighted by atomic mass is 35.5. The molecule has 0 radical (unpaired) electrons. The Morgan fingerprint density at radius 3 is 2.61 bits per heavy atom. The molecule has 0 aliphatic rings. The third-order valence-corrected chi connectivity index (χ3v) is 5.49. The summed E-state index contributed by atoms with van der Waals surface area (Å²) in [5, 5.41) is 3.92. The second kappa shape index (κ2) is 9.08. The molecule has 0 fully saturated rings. The second-order valence-electron chi connectivity index (χ2n) is 6.30. The van der Waals surface area contributed by atoms with Gasteiger partial charge in [-0.3, -0.25) is 4.79 Å². The molecule has 0 aliphatic heterocycles. The molecule has 2 heterocycles. The van der Waals surface area contributed by atoms with Crippen LogP contribution < -0.4 is 4.74 Å². The van der Waals surface area contributed by atoms with Crippen molar-refractivity contribution in [2.75, 3.05) is 6.54 Å². The summed E-state index contributed by atoms with van der Waals surface area (Å²) in [5.74, 6) is 1.36. The molecule has 0 aliphatic carbocycles. The van der Waals surface area contributed by atoms with E-state index in [-0.39, 0.29) is 5.91 Å². The topological polar surface area (TPSA) is 55.6 Å².